The molecule has 0 saturated carbocycles. The highest BCUT2D eigenvalue weighted by molar-refractivity contribution is 5.84. The third kappa shape index (κ3) is 3.37. The summed E-state index contributed by atoms with van der Waals surface area (Å²) < 4.78 is 26.7. The average Bonchev–Trinajstić information content (AvgIpc) is 2.83. The Bertz CT molecular complexity index is 759. The summed E-state index contributed by atoms with van der Waals surface area (Å²) in [7, 11) is 0. The standard InChI is InChI=1S/C16H16F2N4O/c1-8(15-9(2)21-22-10(15)3)16(23)20-14(7-19)12-5-4-11(17)6-13(12)18/h4-6,8,14H,1-3H3,(H,20,23)(H,21,22)/t8-,14-/m1/s1. The van der Waals surface area contributed by atoms with Gasteiger partial charge in [-0.15, -0.1) is 0 Å². The molecule has 0 aliphatic rings. The summed E-state index contributed by atoms with van der Waals surface area (Å²) >= 11 is 0. The Morgan fingerprint density at radius 3 is 2.61 bits per heavy atom. The van der Waals surface area contributed by atoms with E-state index < -0.39 is 29.5 Å². The van der Waals surface area contributed by atoms with Crippen LogP contribution in [0.15, 0.2) is 18.2 Å². The minimum atomic E-state index is -1.20. The fourth-order valence-electron chi connectivity index (χ4n) is 2.51. The number of rotatable bonds is 4. The van der Waals surface area contributed by atoms with E-state index >= 15 is 0 Å². The van der Waals surface area contributed by atoms with Crippen LogP contribution in [0.25, 0.3) is 0 Å². The first-order chi connectivity index (χ1) is 10.8. The maximum absolute atomic E-state index is 13.8. The van der Waals surface area contributed by atoms with Gasteiger partial charge in [-0.1, -0.05) is 6.07 Å². The summed E-state index contributed by atoms with van der Waals surface area (Å²) in [6.07, 6.45) is 0. The molecule has 0 fully saturated rings. The van der Waals surface area contributed by atoms with Crippen molar-refractivity contribution in [3.8, 4) is 6.07 Å². The van der Waals surface area contributed by atoms with Gasteiger partial charge in [0.15, 0.2) is 0 Å². The van der Waals surface area contributed by atoms with Gasteiger partial charge in [0.05, 0.1) is 17.7 Å². The van der Waals surface area contributed by atoms with Crippen LogP contribution in [0, 0.1) is 36.8 Å². The van der Waals surface area contributed by atoms with Crippen LogP contribution in [0.1, 0.15) is 41.4 Å². The second-order valence-electron chi connectivity index (χ2n) is 5.31. The molecule has 5 nitrogen and oxygen atoms in total. The number of amides is 1. The molecule has 2 N–H and O–H groups in total. The van der Waals surface area contributed by atoms with Gasteiger partial charge in [-0.25, -0.2) is 8.78 Å². The van der Waals surface area contributed by atoms with E-state index in [1.165, 1.54) is 0 Å². The van der Waals surface area contributed by atoms with Gasteiger partial charge in [0, 0.05) is 22.9 Å². The lowest BCUT2D eigenvalue weighted by atomic mass is 9.97. The zero-order valence-corrected chi connectivity index (χ0v) is 12.9. The van der Waals surface area contributed by atoms with E-state index in [0.29, 0.717) is 11.8 Å². The van der Waals surface area contributed by atoms with Crippen LogP contribution in [0.4, 0.5) is 8.78 Å². The number of benzene rings is 1. The van der Waals surface area contributed by atoms with Crippen LogP contribution in [0.2, 0.25) is 0 Å². The molecule has 2 aromatic rings. The Morgan fingerprint density at radius 1 is 1.39 bits per heavy atom. The second-order valence-corrected chi connectivity index (χ2v) is 5.31. The molecular weight excluding hydrogens is 302 g/mol. The lowest BCUT2D eigenvalue weighted by Crippen LogP contribution is -2.32. The van der Waals surface area contributed by atoms with E-state index in [0.717, 1.165) is 23.4 Å². The summed E-state index contributed by atoms with van der Waals surface area (Å²) in [5, 5.41) is 18.5. The van der Waals surface area contributed by atoms with Crippen molar-refractivity contribution < 1.29 is 13.6 Å². The highest BCUT2D eigenvalue weighted by atomic mass is 19.1. The smallest absolute Gasteiger partial charge is 0.228 e. The number of hydrogen-bond donors (Lipinski definition) is 2. The fourth-order valence-corrected chi connectivity index (χ4v) is 2.51. The average molecular weight is 318 g/mol. The lowest BCUT2D eigenvalue weighted by molar-refractivity contribution is -0.122. The van der Waals surface area contributed by atoms with Crippen LogP contribution in [0.5, 0.6) is 0 Å². The molecule has 0 aliphatic heterocycles. The van der Waals surface area contributed by atoms with Gasteiger partial charge >= 0.3 is 0 Å². The molecule has 23 heavy (non-hydrogen) atoms. The van der Waals surface area contributed by atoms with E-state index in [9.17, 15) is 18.8 Å². The quantitative estimate of drug-likeness (QED) is 0.909. The van der Waals surface area contributed by atoms with Crippen molar-refractivity contribution >= 4 is 5.91 Å². The number of H-pyrrole nitrogens is 1. The number of carbonyl (C=O) groups is 1. The van der Waals surface area contributed by atoms with Crippen LogP contribution in [-0.4, -0.2) is 16.1 Å². The molecule has 0 bridgehead atoms. The molecule has 1 aromatic carbocycles. The molecule has 0 saturated heterocycles. The van der Waals surface area contributed by atoms with E-state index in [4.69, 9.17) is 0 Å². The number of nitrogens with one attached hydrogen (secondary N) is 2. The van der Waals surface area contributed by atoms with Crippen molar-refractivity contribution in [3.05, 3.63) is 52.3 Å². The number of nitrogens with zero attached hydrogens (tertiary/aromatic N) is 2. The number of halogens is 2. The first-order valence-electron chi connectivity index (χ1n) is 7.01. The van der Waals surface area contributed by atoms with E-state index in [2.05, 4.69) is 15.5 Å². The predicted molar refractivity (Wildman–Crippen MR) is 79.3 cm³/mol. The molecule has 1 aromatic heterocycles. The SMILES string of the molecule is Cc1n[nH]c(C)c1[C@@H](C)C(=O)N[C@H](C#N)c1ccc(F)cc1F. The number of aromatic amines is 1. The maximum atomic E-state index is 13.8. The Hall–Kier alpha value is -2.75. The molecule has 0 spiro atoms. The van der Waals surface area contributed by atoms with Crippen molar-refractivity contribution in [1.82, 2.24) is 15.5 Å². The van der Waals surface area contributed by atoms with Crippen molar-refractivity contribution in [2.24, 2.45) is 0 Å². The number of carbonyl (C=O) groups excluding carboxylic acids is 1. The first kappa shape index (κ1) is 16.6. The summed E-state index contributed by atoms with van der Waals surface area (Å²) in [4.78, 5) is 12.4. The number of aromatic nitrogens is 2. The number of hydrogen-bond acceptors (Lipinski definition) is 3. The number of nitriles is 1. The molecule has 120 valence electrons. The van der Waals surface area contributed by atoms with Gasteiger partial charge in [-0.05, 0) is 26.8 Å². The zero-order valence-electron chi connectivity index (χ0n) is 12.9. The molecule has 2 atom stereocenters. The van der Waals surface area contributed by atoms with Crippen molar-refractivity contribution in [2.45, 2.75) is 32.7 Å². The highest BCUT2D eigenvalue weighted by Gasteiger charge is 2.25. The van der Waals surface area contributed by atoms with Crippen LogP contribution >= 0.6 is 0 Å². The molecule has 7 heteroatoms. The van der Waals surface area contributed by atoms with E-state index in [1.54, 1.807) is 20.8 Å². The van der Waals surface area contributed by atoms with Crippen molar-refractivity contribution in [1.29, 1.82) is 5.26 Å². The monoisotopic (exact) mass is 318 g/mol. The van der Waals surface area contributed by atoms with Crippen LogP contribution < -0.4 is 5.32 Å². The predicted octanol–water partition coefficient (Wildman–Crippen LogP) is 2.79. The first-order valence-corrected chi connectivity index (χ1v) is 7.01. The van der Waals surface area contributed by atoms with Crippen molar-refractivity contribution in [3.63, 3.8) is 0 Å². The van der Waals surface area contributed by atoms with Crippen LogP contribution in [0.3, 0.4) is 0 Å². The summed E-state index contributed by atoms with van der Waals surface area (Å²) in [5.74, 6) is -2.62. The minimum absolute atomic E-state index is 0.0740. The highest BCUT2D eigenvalue weighted by Crippen LogP contribution is 2.24. The largest absolute Gasteiger partial charge is 0.336 e. The maximum Gasteiger partial charge on any atom is 0.228 e. The Morgan fingerprint density at radius 2 is 2.09 bits per heavy atom. The molecule has 0 aliphatic carbocycles. The third-order valence-corrected chi connectivity index (χ3v) is 3.70. The Kier molecular flexibility index (Phi) is 4.74. The van der Waals surface area contributed by atoms with Gasteiger partial charge in [-0.3, -0.25) is 9.89 Å². The van der Waals surface area contributed by atoms with Crippen molar-refractivity contribution in [2.75, 3.05) is 0 Å². The molecule has 1 amide bonds. The minimum Gasteiger partial charge on any atom is -0.336 e. The van der Waals surface area contributed by atoms with Gasteiger partial charge in [-0.2, -0.15) is 10.4 Å². The lowest BCUT2D eigenvalue weighted by Gasteiger charge is -2.17. The normalized spacial score (nSPS) is 13.2. The third-order valence-electron chi connectivity index (χ3n) is 3.70. The van der Waals surface area contributed by atoms with Gasteiger partial charge in [0.1, 0.15) is 17.7 Å². The molecule has 1 heterocycles. The van der Waals surface area contributed by atoms with Gasteiger partial charge in [0.25, 0.3) is 0 Å². The summed E-state index contributed by atoms with van der Waals surface area (Å²) in [6, 6.07) is 3.50. The summed E-state index contributed by atoms with van der Waals surface area (Å²) in [5.41, 5.74) is 2.10. The topological polar surface area (TPSA) is 81.6 Å². The summed E-state index contributed by atoms with van der Waals surface area (Å²) in [6.45, 7) is 5.24. The molecule has 0 unspecified atom stereocenters. The van der Waals surface area contributed by atoms with Crippen LogP contribution in [-0.2, 0) is 4.79 Å². The van der Waals surface area contributed by atoms with E-state index in [-0.39, 0.29) is 5.56 Å². The second kappa shape index (κ2) is 6.57. The zero-order chi connectivity index (χ0) is 17.1. The van der Waals surface area contributed by atoms with E-state index in [1.807, 2.05) is 6.07 Å². The Balaban J connectivity index is 2.22. The molecular formula is C16H16F2N4O. The Labute approximate surface area is 132 Å². The van der Waals surface area contributed by atoms with Gasteiger partial charge in [0.2, 0.25) is 5.91 Å². The fraction of sp³-hybridized carbons (Fsp3) is 0.312. The number of aryl methyl sites for hydroxylation is 2. The molecule has 0 radical (unpaired) electrons. The molecule has 2 rings (SSSR count). The van der Waals surface area contributed by atoms with Gasteiger partial charge < -0.3 is 5.32 Å².